The molecular weight excluding hydrogens is 478 g/mol. The fourth-order valence-electron chi connectivity index (χ4n) is 3.21. The number of benzene rings is 2. The zero-order valence-electron chi connectivity index (χ0n) is 25.0. The number of rotatable bonds is 13. The molecule has 0 aliphatic heterocycles. The van der Waals surface area contributed by atoms with Crippen molar-refractivity contribution in [3.63, 3.8) is 0 Å². The maximum Gasteiger partial charge on any atom is 0.237 e. The number of unbranched alkanes of at least 4 members (excludes halogenated alkanes) is 1. The Labute approximate surface area is 231 Å². The second kappa shape index (κ2) is 24.3. The first-order chi connectivity index (χ1) is 18.4. The molecular formula is C31H53N3O4. The van der Waals surface area contributed by atoms with Gasteiger partial charge in [-0.1, -0.05) is 59.2 Å². The van der Waals surface area contributed by atoms with Gasteiger partial charge < -0.3 is 31.0 Å². The van der Waals surface area contributed by atoms with E-state index in [4.69, 9.17) is 25.7 Å². The molecule has 0 spiro atoms. The number of methoxy groups -OCH3 is 2. The van der Waals surface area contributed by atoms with Gasteiger partial charge in [0.25, 0.3) is 0 Å². The van der Waals surface area contributed by atoms with Crippen LogP contribution in [0.25, 0.3) is 0 Å². The van der Waals surface area contributed by atoms with Gasteiger partial charge in [0.1, 0.15) is 17.2 Å². The molecule has 0 saturated heterocycles. The topological polar surface area (TPSA) is 109 Å². The van der Waals surface area contributed by atoms with Crippen molar-refractivity contribution in [1.29, 1.82) is 0 Å². The summed E-state index contributed by atoms with van der Waals surface area (Å²) in [5, 5.41) is 3.08. The van der Waals surface area contributed by atoms with Crippen LogP contribution in [0.3, 0.4) is 0 Å². The van der Waals surface area contributed by atoms with E-state index in [1.807, 2.05) is 77.1 Å². The van der Waals surface area contributed by atoms with Crippen LogP contribution in [0.1, 0.15) is 84.4 Å². The third kappa shape index (κ3) is 14.1. The largest absolute Gasteiger partial charge is 0.497 e. The standard InChI is InChI=1S/C23H33N3O4.C4H8.2C2H6/c1-4-30-17-10-8-16(9-11-17)22(26-23(27)20(25)7-5-6-14-24)19-13-12-18(28-2)15-21(19)29-3;1-3-4-2;2*1-2/h8-13,15,20,22H,4-7,14,24-25H2,1-3H3,(H,26,27);3H,1,4H2,2H3;2*1-2H3. The van der Waals surface area contributed by atoms with Gasteiger partial charge >= 0.3 is 0 Å². The molecule has 2 unspecified atom stereocenters. The average molecular weight is 532 g/mol. The molecule has 0 fully saturated rings. The highest BCUT2D eigenvalue weighted by molar-refractivity contribution is 5.82. The number of carbonyl (C=O) groups excluding carboxylic acids is 1. The fourth-order valence-corrected chi connectivity index (χ4v) is 3.21. The molecule has 7 nitrogen and oxygen atoms in total. The van der Waals surface area contributed by atoms with E-state index in [0.29, 0.717) is 31.1 Å². The summed E-state index contributed by atoms with van der Waals surface area (Å²) in [5.74, 6) is 1.84. The van der Waals surface area contributed by atoms with Crippen molar-refractivity contribution in [2.45, 2.75) is 79.3 Å². The van der Waals surface area contributed by atoms with E-state index < -0.39 is 12.1 Å². The van der Waals surface area contributed by atoms with Crippen LogP contribution in [-0.4, -0.2) is 39.3 Å². The Balaban J connectivity index is 0. The lowest BCUT2D eigenvalue weighted by molar-refractivity contribution is -0.123. The molecule has 2 aromatic carbocycles. The lowest BCUT2D eigenvalue weighted by Gasteiger charge is -2.24. The quantitative estimate of drug-likeness (QED) is 0.204. The van der Waals surface area contributed by atoms with Crippen LogP contribution in [-0.2, 0) is 4.79 Å². The Bertz CT molecular complexity index is 857. The lowest BCUT2D eigenvalue weighted by Crippen LogP contribution is -2.42. The molecule has 0 aromatic heterocycles. The van der Waals surface area contributed by atoms with Gasteiger partial charge in [-0.05, 0) is 62.6 Å². The number of ether oxygens (including phenoxy) is 3. The zero-order valence-corrected chi connectivity index (χ0v) is 25.0. The Morgan fingerprint density at radius 3 is 2.03 bits per heavy atom. The second-order valence-corrected chi connectivity index (χ2v) is 7.64. The molecule has 216 valence electrons. The Kier molecular flexibility index (Phi) is 23.8. The molecule has 0 aliphatic carbocycles. The van der Waals surface area contributed by atoms with Gasteiger partial charge in [0.2, 0.25) is 5.91 Å². The van der Waals surface area contributed by atoms with Crippen molar-refractivity contribution in [2.75, 3.05) is 27.4 Å². The Hall–Kier alpha value is -3.03. The highest BCUT2D eigenvalue weighted by Crippen LogP contribution is 2.34. The van der Waals surface area contributed by atoms with Crippen LogP contribution in [0, 0.1) is 0 Å². The van der Waals surface area contributed by atoms with Crippen LogP contribution >= 0.6 is 0 Å². The zero-order chi connectivity index (χ0) is 29.3. The van der Waals surface area contributed by atoms with Crippen LogP contribution < -0.4 is 31.0 Å². The van der Waals surface area contributed by atoms with Crippen molar-refractivity contribution >= 4 is 5.91 Å². The third-order valence-electron chi connectivity index (χ3n) is 5.16. The van der Waals surface area contributed by atoms with Crippen LogP contribution in [0.15, 0.2) is 55.1 Å². The highest BCUT2D eigenvalue weighted by Gasteiger charge is 2.24. The summed E-state index contributed by atoms with van der Waals surface area (Å²) in [7, 11) is 3.19. The normalized spacial score (nSPS) is 11.0. The number of amides is 1. The summed E-state index contributed by atoms with van der Waals surface area (Å²) >= 11 is 0. The second-order valence-electron chi connectivity index (χ2n) is 7.64. The molecule has 5 N–H and O–H groups in total. The summed E-state index contributed by atoms with van der Waals surface area (Å²) in [6.07, 6.45) is 5.19. The molecule has 7 heteroatoms. The number of nitrogens with one attached hydrogen (secondary N) is 1. The van der Waals surface area contributed by atoms with Crippen LogP contribution in [0.5, 0.6) is 17.2 Å². The summed E-state index contributed by atoms with van der Waals surface area (Å²) in [4.78, 5) is 12.8. The molecule has 38 heavy (non-hydrogen) atoms. The molecule has 0 bridgehead atoms. The molecule has 0 saturated carbocycles. The van der Waals surface area contributed by atoms with Gasteiger partial charge in [-0.3, -0.25) is 4.79 Å². The van der Waals surface area contributed by atoms with Gasteiger partial charge in [-0.2, -0.15) is 0 Å². The molecule has 2 aromatic rings. The Morgan fingerprint density at radius 1 is 0.974 bits per heavy atom. The molecule has 0 aliphatic rings. The summed E-state index contributed by atoms with van der Waals surface area (Å²) in [5.41, 5.74) is 13.4. The predicted octanol–water partition coefficient (Wildman–Crippen LogP) is 6.40. The third-order valence-corrected chi connectivity index (χ3v) is 5.16. The predicted molar refractivity (Wildman–Crippen MR) is 161 cm³/mol. The van der Waals surface area contributed by atoms with Crippen molar-refractivity contribution in [2.24, 2.45) is 11.5 Å². The van der Waals surface area contributed by atoms with E-state index >= 15 is 0 Å². The Morgan fingerprint density at radius 2 is 1.55 bits per heavy atom. The first-order valence-electron chi connectivity index (χ1n) is 13.8. The lowest BCUT2D eigenvalue weighted by atomic mass is 9.96. The molecule has 0 radical (unpaired) electrons. The molecule has 1 amide bonds. The number of nitrogens with two attached hydrogens (primary N) is 2. The van der Waals surface area contributed by atoms with Crippen LogP contribution in [0.2, 0.25) is 0 Å². The smallest absolute Gasteiger partial charge is 0.237 e. The SMILES string of the molecule is C=CCC.CC.CC.CCOc1ccc(C(NC(=O)C(N)CCCCN)c2ccc(OC)cc2OC)cc1. The van der Waals surface area contributed by atoms with Gasteiger partial charge in [-0.25, -0.2) is 0 Å². The summed E-state index contributed by atoms with van der Waals surface area (Å²) in [6.45, 7) is 16.7. The highest BCUT2D eigenvalue weighted by atomic mass is 16.5. The van der Waals surface area contributed by atoms with E-state index in [0.717, 1.165) is 36.1 Å². The number of carbonyl (C=O) groups is 1. The van der Waals surface area contributed by atoms with E-state index in [1.165, 1.54) is 0 Å². The minimum atomic E-state index is -0.606. The number of hydrogen-bond acceptors (Lipinski definition) is 6. The van der Waals surface area contributed by atoms with Gasteiger partial charge in [0.15, 0.2) is 0 Å². The average Bonchev–Trinajstić information content (AvgIpc) is 2.98. The maximum absolute atomic E-state index is 12.8. The van der Waals surface area contributed by atoms with Crippen LogP contribution in [0.4, 0.5) is 0 Å². The van der Waals surface area contributed by atoms with E-state index in [2.05, 4.69) is 18.8 Å². The van der Waals surface area contributed by atoms with Crippen molar-refractivity contribution in [3.05, 3.63) is 66.2 Å². The first-order valence-corrected chi connectivity index (χ1v) is 13.8. The van der Waals surface area contributed by atoms with Gasteiger partial charge in [0.05, 0.1) is 32.9 Å². The molecule has 0 heterocycles. The fraction of sp³-hybridized carbons (Fsp3) is 0.516. The minimum absolute atomic E-state index is 0.219. The maximum atomic E-state index is 12.8. The summed E-state index contributed by atoms with van der Waals surface area (Å²) in [6, 6.07) is 12.1. The molecule has 2 atom stereocenters. The number of allylic oxidation sites excluding steroid dienone is 1. The van der Waals surface area contributed by atoms with Crippen molar-refractivity contribution in [1.82, 2.24) is 5.32 Å². The summed E-state index contributed by atoms with van der Waals surface area (Å²) < 4.78 is 16.4. The van der Waals surface area contributed by atoms with E-state index in [1.54, 1.807) is 20.3 Å². The van der Waals surface area contributed by atoms with Crippen molar-refractivity contribution < 1.29 is 19.0 Å². The van der Waals surface area contributed by atoms with Gasteiger partial charge in [0, 0.05) is 11.6 Å². The van der Waals surface area contributed by atoms with Gasteiger partial charge in [-0.15, -0.1) is 6.58 Å². The number of hydrogen-bond donors (Lipinski definition) is 3. The first kappa shape index (κ1) is 37.1. The van der Waals surface area contributed by atoms with Crippen molar-refractivity contribution in [3.8, 4) is 17.2 Å². The minimum Gasteiger partial charge on any atom is -0.497 e. The molecule has 2 rings (SSSR count). The van der Waals surface area contributed by atoms with E-state index in [-0.39, 0.29) is 5.91 Å². The monoisotopic (exact) mass is 531 g/mol. The van der Waals surface area contributed by atoms with E-state index in [9.17, 15) is 4.79 Å².